The highest BCUT2D eigenvalue weighted by molar-refractivity contribution is 6.48. The Kier molecular flexibility index (Phi) is 9.91. The fraction of sp³-hybridized carbons (Fsp3) is 0.867. The normalized spacial score (nSPS) is 13.3. The molecule has 0 aromatic carbocycles. The van der Waals surface area contributed by atoms with E-state index < -0.39 is 9.04 Å². The van der Waals surface area contributed by atoms with Crippen molar-refractivity contribution >= 4 is 20.6 Å². The predicted octanol–water partition coefficient (Wildman–Crippen LogP) is 4.59. The monoisotopic (exact) mass is 288 g/mol. The topological polar surface area (TPSA) is 9.23 Å². The zero-order valence-corrected chi connectivity index (χ0v) is 14.6. The van der Waals surface area contributed by atoms with Crippen molar-refractivity contribution in [2.45, 2.75) is 72.1 Å². The minimum atomic E-state index is -0.985. The van der Waals surface area contributed by atoms with Crippen LogP contribution in [0.3, 0.4) is 0 Å². The first kappa shape index (κ1) is 18.0. The lowest BCUT2D eigenvalue weighted by Crippen LogP contribution is -2.32. The number of unbranched alkanes of at least 4 members (excludes halogenated alkanes) is 3. The Bertz CT molecular complexity index is 260. The third-order valence-corrected chi connectivity index (χ3v) is 3.89. The van der Waals surface area contributed by atoms with Gasteiger partial charge in [0.25, 0.3) is 0 Å². The summed E-state index contributed by atoms with van der Waals surface area (Å²) < 4.78 is 6.08. The molecule has 0 aromatic heterocycles. The van der Waals surface area contributed by atoms with Gasteiger partial charge >= 0.3 is 0 Å². The number of rotatable bonds is 7. The van der Waals surface area contributed by atoms with Crippen LogP contribution in [0.2, 0.25) is 13.1 Å². The summed E-state index contributed by atoms with van der Waals surface area (Å²) in [5.74, 6) is 7.32. The standard InChI is InChI=1S/C15H29ClOSi/c1-15(2,3)14(17-18(4)5)12-10-8-6-7-9-11-13-16/h14,18H,6-7,9,11-13H2,1-5H3. The van der Waals surface area contributed by atoms with Crippen LogP contribution in [0.15, 0.2) is 0 Å². The Morgan fingerprint density at radius 2 is 1.78 bits per heavy atom. The van der Waals surface area contributed by atoms with Crippen LogP contribution < -0.4 is 0 Å². The zero-order valence-electron chi connectivity index (χ0n) is 12.7. The van der Waals surface area contributed by atoms with Gasteiger partial charge in [-0.2, -0.15) is 0 Å². The van der Waals surface area contributed by atoms with Gasteiger partial charge in [0.15, 0.2) is 9.04 Å². The Morgan fingerprint density at radius 1 is 1.11 bits per heavy atom. The summed E-state index contributed by atoms with van der Waals surface area (Å²) in [6.45, 7) is 11.1. The molecule has 0 radical (unpaired) electrons. The molecule has 0 heterocycles. The van der Waals surface area contributed by atoms with E-state index in [0.717, 1.165) is 25.1 Å². The first-order valence-corrected chi connectivity index (χ1v) is 10.4. The smallest absolute Gasteiger partial charge is 0.171 e. The maximum atomic E-state index is 6.08. The maximum Gasteiger partial charge on any atom is 0.171 e. The Hall–Kier alpha value is 0.0269. The summed E-state index contributed by atoms with van der Waals surface area (Å²) in [5, 5.41) is 0. The molecule has 106 valence electrons. The molecular formula is C15H29ClOSi. The molecule has 0 saturated heterocycles. The molecule has 0 aromatic rings. The van der Waals surface area contributed by atoms with E-state index in [4.69, 9.17) is 16.0 Å². The molecule has 1 unspecified atom stereocenters. The largest absolute Gasteiger partial charge is 0.416 e. The number of hydrogen-bond donors (Lipinski definition) is 0. The third-order valence-electron chi connectivity index (χ3n) is 2.75. The molecule has 0 saturated carbocycles. The van der Waals surface area contributed by atoms with Crippen LogP contribution in [-0.4, -0.2) is 21.0 Å². The van der Waals surface area contributed by atoms with E-state index in [2.05, 4.69) is 45.7 Å². The van der Waals surface area contributed by atoms with Crippen molar-refractivity contribution in [2.75, 3.05) is 5.88 Å². The fourth-order valence-electron chi connectivity index (χ4n) is 1.62. The molecular weight excluding hydrogens is 260 g/mol. The minimum Gasteiger partial charge on any atom is -0.416 e. The second-order valence-corrected chi connectivity index (χ2v) is 8.84. The number of halogens is 1. The highest BCUT2D eigenvalue weighted by Crippen LogP contribution is 2.25. The van der Waals surface area contributed by atoms with E-state index in [9.17, 15) is 0 Å². The molecule has 3 heteroatoms. The molecule has 0 N–H and O–H groups in total. The van der Waals surface area contributed by atoms with Crippen LogP contribution in [0.1, 0.15) is 52.9 Å². The molecule has 1 nitrogen and oxygen atoms in total. The van der Waals surface area contributed by atoms with Crippen molar-refractivity contribution < 1.29 is 4.43 Å². The van der Waals surface area contributed by atoms with E-state index in [1.807, 2.05) is 0 Å². The molecule has 0 aliphatic carbocycles. The van der Waals surface area contributed by atoms with E-state index >= 15 is 0 Å². The van der Waals surface area contributed by atoms with E-state index in [0.29, 0.717) is 0 Å². The molecule has 0 aliphatic rings. The number of alkyl halides is 1. The highest BCUT2D eigenvalue weighted by Gasteiger charge is 2.25. The van der Waals surface area contributed by atoms with Gasteiger partial charge in [0.2, 0.25) is 0 Å². The second-order valence-electron chi connectivity index (χ2n) is 6.10. The molecule has 0 aliphatic heterocycles. The van der Waals surface area contributed by atoms with Gasteiger partial charge in [-0.25, -0.2) is 0 Å². The molecule has 0 bridgehead atoms. The van der Waals surface area contributed by atoms with E-state index in [1.165, 1.54) is 12.8 Å². The summed E-state index contributed by atoms with van der Waals surface area (Å²) in [4.78, 5) is 0. The lowest BCUT2D eigenvalue weighted by Gasteiger charge is -2.31. The van der Waals surface area contributed by atoms with Crippen molar-refractivity contribution in [1.29, 1.82) is 0 Å². The van der Waals surface area contributed by atoms with Crippen molar-refractivity contribution in [1.82, 2.24) is 0 Å². The van der Waals surface area contributed by atoms with Crippen LogP contribution in [0.4, 0.5) is 0 Å². The molecule has 0 fully saturated rings. The first-order chi connectivity index (χ1) is 8.38. The van der Waals surface area contributed by atoms with Crippen molar-refractivity contribution in [3.05, 3.63) is 0 Å². The van der Waals surface area contributed by atoms with E-state index in [1.54, 1.807) is 0 Å². The molecule has 0 amide bonds. The van der Waals surface area contributed by atoms with Gasteiger partial charge in [-0.05, 0) is 31.4 Å². The highest BCUT2D eigenvalue weighted by atomic mass is 35.5. The summed E-state index contributed by atoms with van der Waals surface area (Å²) in [6.07, 6.45) is 5.60. The van der Waals surface area contributed by atoms with Gasteiger partial charge in [-0.1, -0.05) is 27.2 Å². The summed E-state index contributed by atoms with van der Waals surface area (Å²) in [5.41, 5.74) is 0.185. The lowest BCUT2D eigenvalue weighted by molar-refractivity contribution is 0.0911. The predicted molar refractivity (Wildman–Crippen MR) is 84.8 cm³/mol. The first-order valence-electron chi connectivity index (χ1n) is 7.05. The molecule has 0 rings (SSSR count). The lowest BCUT2D eigenvalue weighted by atomic mass is 9.87. The zero-order chi connectivity index (χ0) is 14.0. The maximum absolute atomic E-state index is 6.08. The van der Waals surface area contributed by atoms with Crippen LogP contribution in [0.25, 0.3) is 0 Å². The van der Waals surface area contributed by atoms with Crippen molar-refractivity contribution in [2.24, 2.45) is 5.41 Å². The Morgan fingerprint density at radius 3 is 2.28 bits per heavy atom. The van der Waals surface area contributed by atoms with Gasteiger partial charge in [0.05, 0.1) is 6.10 Å². The Labute approximate surface area is 120 Å². The van der Waals surface area contributed by atoms with Crippen LogP contribution in [-0.2, 0) is 4.43 Å². The van der Waals surface area contributed by atoms with Crippen molar-refractivity contribution in [3.8, 4) is 11.8 Å². The SMILES string of the molecule is C[SiH](C)OC(CC#CCCCCCCl)C(C)(C)C. The summed E-state index contributed by atoms with van der Waals surface area (Å²) >= 11 is 5.63. The fourth-order valence-corrected chi connectivity index (χ4v) is 2.98. The van der Waals surface area contributed by atoms with Gasteiger partial charge in [-0.15, -0.1) is 23.4 Å². The average Bonchev–Trinajstić information content (AvgIpc) is 2.24. The summed E-state index contributed by atoms with van der Waals surface area (Å²) in [6, 6.07) is 0. The minimum absolute atomic E-state index is 0.185. The average molecular weight is 289 g/mol. The van der Waals surface area contributed by atoms with Gasteiger partial charge in [-0.3, -0.25) is 0 Å². The van der Waals surface area contributed by atoms with Crippen molar-refractivity contribution in [3.63, 3.8) is 0 Å². The molecule has 1 atom stereocenters. The van der Waals surface area contributed by atoms with Gasteiger partial charge < -0.3 is 4.43 Å². The van der Waals surface area contributed by atoms with Gasteiger partial charge in [0.1, 0.15) is 0 Å². The molecule has 18 heavy (non-hydrogen) atoms. The summed E-state index contributed by atoms with van der Waals surface area (Å²) in [7, 11) is -0.985. The number of hydrogen-bond acceptors (Lipinski definition) is 1. The van der Waals surface area contributed by atoms with Crippen LogP contribution in [0, 0.1) is 17.3 Å². The van der Waals surface area contributed by atoms with Crippen LogP contribution in [0.5, 0.6) is 0 Å². The quantitative estimate of drug-likeness (QED) is 0.288. The second kappa shape index (κ2) is 9.89. The van der Waals surface area contributed by atoms with Crippen LogP contribution >= 0.6 is 11.6 Å². The third kappa shape index (κ3) is 10.00. The molecule has 0 spiro atoms. The van der Waals surface area contributed by atoms with E-state index in [-0.39, 0.29) is 11.5 Å². The Balaban J connectivity index is 4.00. The van der Waals surface area contributed by atoms with Gasteiger partial charge in [0, 0.05) is 18.7 Å².